The molecule has 1 amide bonds. The van der Waals surface area contributed by atoms with Crippen molar-refractivity contribution in [1.29, 1.82) is 5.26 Å². The molecule has 1 heterocycles. The molecule has 2 aliphatic rings. The Morgan fingerprint density at radius 1 is 1.33 bits per heavy atom. The van der Waals surface area contributed by atoms with E-state index >= 15 is 0 Å². The fourth-order valence-corrected chi connectivity index (χ4v) is 3.13. The number of carbonyl (C=O) groups is 1. The first-order valence-electron chi connectivity index (χ1n) is 7.55. The lowest BCUT2D eigenvalue weighted by Crippen LogP contribution is -2.34. The number of carbonyl (C=O) groups excluding carboxylic acids is 1. The fourth-order valence-electron chi connectivity index (χ4n) is 3.13. The van der Waals surface area contributed by atoms with Crippen LogP contribution in [0.1, 0.15) is 31.2 Å². The minimum absolute atomic E-state index is 0.193. The second kappa shape index (κ2) is 6.01. The van der Waals surface area contributed by atoms with E-state index in [-0.39, 0.29) is 17.5 Å². The Hall–Kier alpha value is -2.28. The number of hydrogen-bond donors (Lipinski definition) is 1. The number of nitrogens with zero attached hydrogens (tertiary/aromatic N) is 2. The zero-order valence-corrected chi connectivity index (χ0v) is 12.0. The molecular weight excluding hydrogens is 262 g/mol. The number of fused-ring (bicyclic) bond motifs is 1. The predicted octanol–water partition coefficient (Wildman–Crippen LogP) is 2.52. The summed E-state index contributed by atoms with van der Waals surface area (Å²) < 4.78 is 0. The van der Waals surface area contributed by atoms with Gasteiger partial charge in [0.15, 0.2) is 0 Å². The van der Waals surface area contributed by atoms with Gasteiger partial charge < -0.3 is 10.2 Å². The summed E-state index contributed by atoms with van der Waals surface area (Å²) in [4.78, 5) is 14.2. The first-order chi connectivity index (χ1) is 10.3. The van der Waals surface area contributed by atoms with Crippen LogP contribution in [-0.4, -0.2) is 18.5 Å². The van der Waals surface area contributed by atoms with Gasteiger partial charge in [0.05, 0.1) is 0 Å². The van der Waals surface area contributed by atoms with E-state index in [1.807, 2.05) is 29.2 Å². The van der Waals surface area contributed by atoms with Gasteiger partial charge in [-0.2, -0.15) is 5.26 Å². The van der Waals surface area contributed by atoms with E-state index in [1.165, 1.54) is 5.56 Å². The van der Waals surface area contributed by atoms with Crippen LogP contribution < -0.4 is 10.2 Å². The molecule has 0 aromatic heterocycles. The number of nitriles is 1. The molecule has 4 nitrogen and oxygen atoms in total. The highest BCUT2D eigenvalue weighted by molar-refractivity contribution is 5.97. The number of nitrogens with one attached hydrogen (secondary N) is 1. The molecule has 1 saturated carbocycles. The van der Waals surface area contributed by atoms with Crippen LogP contribution in [0.3, 0.4) is 0 Å². The molecule has 1 fully saturated rings. The van der Waals surface area contributed by atoms with Crippen LogP contribution in [0, 0.1) is 11.3 Å². The Morgan fingerprint density at radius 2 is 2.10 bits per heavy atom. The zero-order valence-electron chi connectivity index (χ0n) is 12.0. The van der Waals surface area contributed by atoms with Gasteiger partial charge in [-0.1, -0.05) is 31.0 Å². The Morgan fingerprint density at radius 3 is 2.86 bits per heavy atom. The maximum Gasteiger partial charge on any atom is 0.263 e. The molecular formula is C17H19N3O. The third-order valence-electron chi connectivity index (χ3n) is 4.26. The predicted molar refractivity (Wildman–Crippen MR) is 81.6 cm³/mol. The van der Waals surface area contributed by atoms with Gasteiger partial charge in [-0.3, -0.25) is 4.79 Å². The first kappa shape index (κ1) is 13.7. The third kappa shape index (κ3) is 2.92. The van der Waals surface area contributed by atoms with E-state index in [1.54, 1.807) is 6.20 Å². The highest BCUT2D eigenvalue weighted by Crippen LogP contribution is 2.28. The molecule has 4 heteroatoms. The Bertz CT molecular complexity index is 609. The van der Waals surface area contributed by atoms with E-state index in [2.05, 4.69) is 11.4 Å². The monoisotopic (exact) mass is 281 g/mol. The van der Waals surface area contributed by atoms with Crippen LogP contribution in [0.15, 0.2) is 36.0 Å². The molecule has 21 heavy (non-hydrogen) atoms. The molecule has 108 valence electrons. The normalized spacial score (nSPS) is 18.4. The highest BCUT2D eigenvalue weighted by atomic mass is 16.1. The Balaban J connectivity index is 1.74. The van der Waals surface area contributed by atoms with Crippen molar-refractivity contribution in [3.63, 3.8) is 0 Å². The SMILES string of the molecule is N#C/C(=C/N1CCc2ccccc21)C(=O)NC1CCCC1. The second-order valence-corrected chi connectivity index (χ2v) is 5.68. The van der Waals surface area contributed by atoms with Gasteiger partial charge in [0.1, 0.15) is 11.6 Å². The smallest absolute Gasteiger partial charge is 0.263 e. The van der Waals surface area contributed by atoms with Crippen molar-refractivity contribution >= 4 is 11.6 Å². The molecule has 0 atom stereocenters. The maximum atomic E-state index is 12.2. The van der Waals surface area contributed by atoms with Crippen molar-refractivity contribution in [1.82, 2.24) is 5.32 Å². The van der Waals surface area contributed by atoms with Gasteiger partial charge in [-0.05, 0) is 30.9 Å². The Kier molecular flexibility index (Phi) is 3.92. The van der Waals surface area contributed by atoms with Gasteiger partial charge in [-0.15, -0.1) is 0 Å². The standard InChI is InChI=1S/C17H19N3O/c18-11-14(17(21)19-15-6-2-3-7-15)12-20-10-9-13-5-1-4-8-16(13)20/h1,4-5,8,12,15H,2-3,6-7,9-10H2,(H,19,21)/b14-12-. The van der Waals surface area contributed by atoms with Crippen molar-refractivity contribution in [3.8, 4) is 6.07 Å². The summed E-state index contributed by atoms with van der Waals surface area (Å²) in [5, 5.41) is 12.2. The van der Waals surface area contributed by atoms with Crippen LogP contribution in [-0.2, 0) is 11.2 Å². The molecule has 0 bridgehead atoms. The van der Waals surface area contributed by atoms with Crippen molar-refractivity contribution in [2.24, 2.45) is 0 Å². The van der Waals surface area contributed by atoms with Crippen LogP contribution in [0.25, 0.3) is 0 Å². The van der Waals surface area contributed by atoms with Crippen LogP contribution in [0.5, 0.6) is 0 Å². The average Bonchev–Trinajstić information content (AvgIpc) is 3.14. The third-order valence-corrected chi connectivity index (χ3v) is 4.26. The van der Waals surface area contributed by atoms with Crippen molar-refractivity contribution in [2.45, 2.75) is 38.1 Å². The van der Waals surface area contributed by atoms with Gasteiger partial charge in [-0.25, -0.2) is 0 Å². The minimum Gasteiger partial charge on any atom is -0.349 e. The van der Waals surface area contributed by atoms with E-state index in [0.717, 1.165) is 44.3 Å². The summed E-state index contributed by atoms with van der Waals surface area (Å²) in [5.74, 6) is -0.242. The summed E-state index contributed by atoms with van der Waals surface area (Å²) >= 11 is 0. The molecule has 1 aliphatic carbocycles. The first-order valence-corrected chi connectivity index (χ1v) is 7.55. The number of amides is 1. The quantitative estimate of drug-likeness (QED) is 0.684. The second-order valence-electron chi connectivity index (χ2n) is 5.68. The van der Waals surface area contributed by atoms with Crippen molar-refractivity contribution in [3.05, 3.63) is 41.6 Å². The van der Waals surface area contributed by atoms with Gasteiger partial charge in [0, 0.05) is 24.5 Å². The highest BCUT2D eigenvalue weighted by Gasteiger charge is 2.22. The Labute approximate surface area is 125 Å². The molecule has 1 N–H and O–H groups in total. The average molecular weight is 281 g/mol. The number of para-hydroxylation sites is 1. The van der Waals surface area contributed by atoms with Crippen LogP contribution in [0.2, 0.25) is 0 Å². The lowest BCUT2D eigenvalue weighted by atomic mass is 10.2. The molecule has 0 unspecified atom stereocenters. The fraction of sp³-hybridized carbons (Fsp3) is 0.412. The lowest BCUT2D eigenvalue weighted by molar-refractivity contribution is -0.117. The number of hydrogen-bond acceptors (Lipinski definition) is 3. The molecule has 0 spiro atoms. The summed E-state index contributed by atoms with van der Waals surface area (Å²) in [6.07, 6.45) is 7.02. The zero-order chi connectivity index (χ0) is 14.7. The van der Waals surface area contributed by atoms with E-state index in [0.29, 0.717) is 0 Å². The molecule has 1 aromatic rings. The van der Waals surface area contributed by atoms with E-state index < -0.39 is 0 Å². The van der Waals surface area contributed by atoms with Gasteiger partial charge in [0.2, 0.25) is 0 Å². The van der Waals surface area contributed by atoms with E-state index in [9.17, 15) is 10.1 Å². The molecule has 1 aliphatic heterocycles. The molecule has 0 saturated heterocycles. The van der Waals surface area contributed by atoms with Crippen LogP contribution >= 0.6 is 0 Å². The molecule has 3 rings (SSSR count). The van der Waals surface area contributed by atoms with Crippen molar-refractivity contribution < 1.29 is 4.79 Å². The molecule has 0 radical (unpaired) electrons. The number of rotatable bonds is 3. The maximum absolute atomic E-state index is 12.2. The van der Waals surface area contributed by atoms with Crippen LogP contribution in [0.4, 0.5) is 5.69 Å². The topological polar surface area (TPSA) is 56.1 Å². The van der Waals surface area contributed by atoms with E-state index in [4.69, 9.17) is 0 Å². The largest absolute Gasteiger partial charge is 0.349 e. The summed E-state index contributed by atoms with van der Waals surface area (Å²) in [5.41, 5.74) is 2.56. The molecule has 1 aromatic carbocycles. The lowest BCUT2D eigenvalue weighted by Gasteiger charge is -2.16. The van der Waals surface area contributed by atoms with Gasteiger partial charge >= 0.3 is 0 Å². The van der Waals surface area contributed by atoms with Crippen molar-refractivity contribution in [2.75, 3.05) is 11.4 Å². The summed E-state index contributed by atoms with van der Waals surface area (Å²) in [6.45, 7) is 0.821. The number of benzene rings is 1. The number of anilines is 1. The minimum atomic E-state index is -0.242. The summed E-state index contributed by atoms with van der Waals surface area (Å²) in [6, 6.07) is 10.4. The summed E-state index contributed by atoms with van der Waals surface area (Å²) in [7, 11) is 0. The van der Waals surface area contributed by atoms with Gasteiger partial charge in [0.25, 0.3) is 5.91 Å².